The number of aliphatic carboxylic acids is 2. The highest BCUT2D eigenvalue weighted by Crippen LogP contribution is 2.16. The lowest BCUT2D eigenvalue weighted by atomic mass is 9.93. The Morgan fingerprint density at radius 1 is 0.462 bits per heavy atom. The molecule has 0 heterocycles. The van der Waals surface area contributed by atoms with Crippen molar-refractivity contribution >= 4 is 41.2 Å². The molecule has 0 radical (unpaired) electrons. The van der Waals surface area contributed by atoms with E-state index in [0.717, 1.165) is 64.2 Å². The van der Waals surface area contributed by atoms with Gasteiger partial charge in [0.05, 0.1) is 33.0 Å². The van der Waals surface area contributed by atoms with Crippen molar-refractivity contribution in [3.8, 4) is 0 Å². The van der Waals surface area contributed by atoms with E-state index in [9.17, 15) is 38.7 Å². The first-order valence-corrected chi connectivity index (χ1v) is 24.7. The Bertz CT molecular complexity index is 1250. The number of carboxylic acids is 2. The van der Waals surface area contributed by atoms with Crippen LogP contribution in [0.25, 0.3) is 0 Å². The highest BCUT2D eigenvalue weighted by atomic mass is 16.5. The number of carbonyl (C=O) groups excluding carboxylic acids is 5. The summed E-state index contributed by atoms with van der Waals surface area (Å²) in [5.41, 5.74) is 0. The number of Topliss-reactive ketones (excluding diaryl/α,β-unsaturated/α-hetero) is 2. The largest absolute Gasteiger partial charge is 0.481 e. The van der Waals surface area contributed by atoms with Crippen LogP contribution in [-0.2, 0) is 52.5 Å². The van der Waals surface area contributed by atoms with Crippen molar-refractivity contribution in [2.24, 2.45) is 5.92 Å². The third-order valence-corrected chi connectivity index (χ3v) is 11.0. The molecule has 65 heavy (non-hydrogen) atoms. The maximum absolute atomic E-state index is 12.4. The maximum atomic E-state index is 12.4. The zero-order chi connectivity index (χ0) is 48.0. The standard InChI is InChI=1S/C48H87N3O14/c1-2-40(43(54)28-31-52)22-19-20-29-49-45(56)38-65-37-35-63-33-30-50-46(57)39-64-36-34-62-32-21-23-41(53)26-27-42(48(60)61)51-44(55)24-17-15-13-11-9-7-5-3-4-6-8-10-12-14-16-18-25-47(58)59/h40,42,52H,2-39H2,1H3,(H,49,56)(H,50,57)(H,51,55)(H,58,59)(H,60,61)/t40-,42-/m0/s1. The number of aliphatic hydroxyl groups is 1. The Kier molecular flexibility index (Phi) is 43.2. The van der Waals surface area contributed by atoms with Crippen LogP contribution in [0.3, 0.4) is 0 Å². The SMILES string of the molecule is CC[C@@H](CCCCNC(=O)COCCOCCNC(=O)COCCOCCCC(=O)CC[C@H](NC(=O)CCCCCCCCCCCCCCCCCCC(=O)O)C(=O)O)C(=O)CCO. The molecular weight excluding hydrogens is 843 g/mol. The Morgan fingerprint density at radius 3 is 1.46 bits per heavy atom. The van der Waals surface area contributed by atoms with Crippen LogP contribution < -0.4 is 16.0 Å². The number of nitrogens with one attached hydrogen (secondary N) is 3. The van der Waals surface area contributed by atoms with E-state index in [1.54, 1.807) is 0 Å². The fraction of sp³-hybridized carbons (Fsp3) is 0.854. The highest BCUT2D eigenvalue weighted by Gasteiger charge is 2.21. The molecule has 378 valence electrons. The first-order valence-electron chi connectivity index (χ1n) is 24.7. The molecule has 0 fully saturated rings. The quantitative estimate of drug-likeness (QED) is 0.0370. The van der Waals surface area contributed by atoms with Gasteiger partial charge in [-0.3, -0.25) is 28.8 Å². The van der Waals surface area contributed by atoms with E-state index in [4.69, 9.17) is 29.2 Å². The van der Waals surface area contributed by atoms with E-state index in [-0.39, 0.29) is 133 Å². The second-order valence-corrected chi connectivity index (χ2v) is 16.8. The molecule has 17 nitrogen and oxygen atoms in total. The Hall–Kier alpha value is -3.51. The molecule has 0 aromatic heterocycles. The number of carbonyl (C=O) groups is 7. The topological polar surface area (TPSA) is 253 Å². The van der Waals surface area contributed by atoms with Gasteiger partial charge in [-0.05, 0) is 44.9 Å². The van der Waals surface area contributed by atoms with Crippen LogP contribution in [0.4, 0.5) is 0 Å². The molecule has 0 rings (SSSR count). The van der Waals surface area contributed by atoms with Crippen molar-refractivity contribution in [2.75, 3.05) is 72.6 Å². The molecular formula is C48H87N3O14. The Morgan fingerprint density at radius 2 is 0.954 bits per heavy atom. The second kappa shape index (κ2) is 45.6. The van der Waals surface area contributed by atoms with Crippen LogP contribution in [0.2, 0.25) is 0 Å². The van der Waals surface area contributed by atoms with Crippen molar-refractivity contribution in [2.45, 2.75) is 186 Å². The van der Waals surface area contributed by atoms with Gasteiger partial charge in [0.25, 0.3) is 0 Å². The molecule has 17 heteroatoms. The number of rotatable bonds is 50. The number of hydrogen-bond donors (Lipinski definition) is 6. The molecule has 6 N–H and O–H groups in total. The lowest BCUT2D eigenvalue weighted by Crippen LogP contribution is -2.41. The van der Waals surface area contributed by atoms with Crippen LogP contribution in [0.1, 0.15) is 180 Å². The van der Waals surface area contributed by atoms with E-state index >= 15 is 0 Å². The van der Waals surface area contributed by atoms with Crippen molar-refractivity contribution in [1.82, 2.24) is 16.0 Å². The highest BCUT2D eigenvalue weighted by molar-refractivity contribution is 5.85. The van der Waals surface area contributed by atoms with Crippen LogP contribution in [0.15, 0.2) is 0 Å². The Balaban J connectivity index is 3.66. The first kappa shape index (κ1) is 61.5. The van der Waals surface area contributed by atoms with Gasteiger partial charge in [0.1, 0.15) is 30.8 Å². The number of carboxylic acid groups (broad SMARTS) is 2. The third kappa shape index (κ3) is 42.9. The number of hydrogen-bond acceptors (Lipinski definition) is 12. The molecule has 3 amide bonds. The Labute approximate surface area is 389 Å². The van der Waals surface area contributed by atoms with Crippen molar-refractivity contribution in [1.29, 1.82) is 0 Å². The third-order valence-electron chi connectivity index (χ3n) is 11.0. The molecule has 0 unspecified atom stereocenters. The van der Waals surface area contributed by atoms with Gasteiger partial charge in [-0.2, -0.15) is 0 Å². The fourth-order valence-electron chi connectivity index (χ4n) is 7.15. The molecule has 0 aromatic carbocycles. The van der Waals surface area contributed by atoms with E-state index in [0.29, 0.717) is 26.0 Å². The average molecular weight is 930 g/mol. The summed E-state index contributed by atoms with van der Waals surface area (Å²) in [4.78, 5) is 82.7. The number of ketones is 2. The van der Waals surface area contributed by atoms with Crippen molar-refractivity contribution < 1.29 is 67.8 Å². The number of unbranched alkanes of at least 4 members (excludes halogenated alkanes) is 16. The van der Waals surface area contributed by atoms with Crippen LogP contribution in [0, 0.1) is 5.92 Å². The van der Waals surface area contributed by atoms with Gasteiger partial charge >= 0.3 is 11.9 Å². The zero-order valence-corrected chi connectivity index (χ0v) is 39.9. The number of amides is 3. The summed E-state index contributed by atoms with van der Waals surface area (Å²) in [5.74, 6) is -2.75. The summed E-state index contributed by atoms with van der Waals surface area (Å²) < 4.78 is 21.5. The molecule has 0 saturated heterocycles. The fourth-order valence-corrected chi connectivity index (χ4v) is 7.15. The van der Waals surface area contributed by atoms with Crippen LogP contribution in [-0.4, -0.2) is 135 Å². The number of ether oxygens (including phenoxy) is 4. The zero-order valence-electron chi connectivity index (χ0n) is 39.9. The molecule has 0 spiro atoms. The normalized spacial score (nSPS) is 12.1. The smallest absolute Gasteiger partial charge is 0.326 e. The minimum atomic E-state index is -1.15. The van der Waals surface area contributed by atoms with Crippen LogP contribution in [0.5, 0.6) is 0 Å². The van der Waals surface area contributed by atoms with E-state index in [1.165, 1.54) is 57.8 Å². The molecule has 0 aliphatic carbocycles. The van der Waals surface area contributed by atoms with Gasteiger partial charge in [0.15, 0.2) is 0 Å². The van der Waals surface area contributed by atoms with Gasteiger partial charge in [-0.1, -0.05) is 103 Å². The van der Waals surface area contributed by atoms with Crippen molar-refractivity contribution in [3.05, 3.63) is 0 Å². The predicted octanol–water partition coefficient (Wildman–Crippen LogP) is 6.24. The monoisotopic (exact) mass is 930 g/mol. The molecule has 2 atom stereocenters. The van der Waals surface area contributed by atoms with Crippen molar-refractivity contribution in [3.63, 3.8) is 0 Å². The second-order valence-electron chi connectivity index (χ2n) is 16.8. The minimum Gasteiger partial charge on any atom is -0.481 e. The first-order chi connectivity index (χ1) is 31.5. The average Bonchev–Trinajstić information content (AvgIpc) is 3.27. The van der Waals surface area contributed by atoms with Crippen LogP contribution >= 0.6 is 0 Å². The lowest BCUT2D eigenvalue weighted by molar-refractivity contribution is -0.142. The molecule has 0 aliphatic rings. The predicted molar refractivity (Wildman–Crippen MR) is 247 cm³/mol. The van der Waals surface area contributed by atoms with Gasteiger partial charge in [-0.15, -0.1) is 0 Å². The summed E-state index contributed by atoms with van der Waals surface area (Å²) in [6.45, 7) is 3.88. The lowest BCUT2D eigenvalue weighted by Gasteiger charge is -2.14. The van der Waals surface area contributed by atoms with Gasteiger partial charge in [0.2, 0.25) is 17.7 Å². The summed E-state index contributed by atoms with van der Waals surface area (Å²) in [6, 6.07) is -1.10. The molecule has 0 aromatic rings. The molecule has 0 aliphatic heterocycles. The van der Waals surface area contributed by atoms with Gasteiger partial charge < -0.3 is 50.2 Å². The van der Waals surface area contributed by atoms with Gasteiger partial charge in [-0.25, -0.2) is 4.79 Å². The summed E-state index contributed by atoms with van der Waals surface area (Å²) in [5, 5.41) is 35.2. The molecule has 0 saturated carbocycles. The van der Waals surface area contributed by atoms with E-state index in [2.05, 4.69) is 16.0 Å². The number of aliphatic hydroxyl groups excluding tert-OH is 1. The summed E-state index contributed by atoms with van der Waals surface area (Å²) in [7, 11) is 0. The minimum absolute atomic E-state index is 0.0373. The maximum Gasteiger partial charge on any atom is 0.326 e. The van der Waals surface area contributed by atoms with Gasteiger partial charge in [0, 0.05) is 64.3 Å². The molecule has 0 bridgehead atoms. The van der Waals surface area contributed by atoms with E-state index in [1.807, 2.05) is 6.92 Å². The summed E-state index contributed by atoms with van der Waals surface area (Å²) >= 11 is 0. The van der Waals surface area contributed by atoms with E-state index < -0.39 is 18.0 Å². The summed E-state index contributed by atoms with van der Waals surface area (Å²) in [6.07, 6.45) is 22.5.